The third kappa shape index (κ3) is 3.38. The maximum Gasteiger partial charge on any atom is 0.138 e. The van der Waals surface area contributed by atoms with Crippen molar-refractivity contribution < 1.29 is 4.74 Å². The molecule has 0 bridgehead atoms. The SMILES string of the molecule is CCNC(Cc1ncnn1C(C)C)CC1(OC)CCC1. The Morgan fingerprint density at radius 3 is 2.70 bits per heavy atom. The van der Waals surface area contributed by atoms with E-state index in [4.69, 9.17) is 4.74 Å². The summed E-state index contributed by atoms with van der Waals surface area (Å²) >= 11 is 0. The van der Waals surface area contributed by atoms with Crippen LogP contribution in [0.25, 0.3) is 0 Å². The number of aromatic nitrogens is 3. The Morgan fingerprint density at radius 2 is 2.20 bits per heavy atom. The van der Waals surface area contributed by atoms with Crippen LogP contribution in [0.2, 0.25) is 0 Å². The van der Waals surface area contributed by atoms with E-state index in [-0.39, 0.29) is 5.60 Å². The van der Waals surface area contributed by atoms with Crippen LogP contribution < -0.4 is 5.32 Å². The molecule has 1 atom stereocenters. The Bertz CT molecular complexity index is 406. The van der Waals surface area contributed by atoms with Crippen LogP contribution in [0.15, 0.2) is 6.33 Å². The molecule has 0 spiro atoms. The van der Waals surface area contributed by atoms with Crippen LogP contribution in [0, 0.1) is 0 Å². The highest BCUT2D eigenvalue weighted by molar-refractivity contribution is 4.98. The highest BCUT2D eigenvalue weighted by atomic mass is 16.5. The van der Waals surface area contributed by atoms with Gasteiger partial charge in [0, 0.05) is 25.6 Å². The second-order valence-corrected chi connectivity index (χ2v) is 6.12. The Labute approximate surface area is 122 Å². The lowest BCUT2D eigenvalue weighted by molar-refractivity contribution is -0.0834. The van der Waals surface area contributed by atoms with Gasteiger partial charge in [0.2, 0.25) is 0 Å². The number of rotatable bonds is 8. The molecule has 1 saturated carbocycles. The van der Waals surface area contributed by atoms with Crippen LogP contribution in [-0.4, -0.2) is 40.1 Å². The third-order valence-electron chi connectivity index (χ3n) is 4.37. The molecule has 1 heterocycles. The normalized spacial score (nSPS) is 19.1. The summed E-state index contributed by atoms with van der Waals surface area (Å²) in [6.45, 7) is 7.41. The first kappa shape index (κ1) is 15.4. The summed E-state index contributed by atoms with van der Waals surface area (Å²) in [4.78, 5) is 4.43. The molecular weight excluding hydrogens is 252 g/mol. The van der Waals surface area contributed by atoms with Gasteiger partial charge in [0.1, 0.15) is 12.2 Å². The van der Waals surface area contributed by atoms with Gasteiger partial charge in [0.25, 0.3) is 0 Å². The van der Waals surface area contributed by atoms with Gasteiger partial charge in [-0.05, 0) is 46.1 Å². The zero-order valence-electron chi connectivity index (χ0n) is 13.2. The fourth-order valence-corrected chi connectivity index (χ4v) is 3.09. The molecule has 0 saturated heterocycles. The maximum atomic E-state index is 5.76. The molecule has 1 aromatic rings. The summed E-state index contributed by atoms with van der Waals surface area (Å²) in [5.41, 5.74) is 0.0928. The van der Waals surface area contributed by atoms with Gasteiger partial charge in [-0.1, -0.05) is 6.92 Å². The standard InChI is InChI=1S/C15H28N4O/c1-5-16-13(10-15(20-4)7-6-8-15)9-14-17-11-18-19(14)12(2)3/h11-13,16H,5-10H2,1-4H3. The van der Waals surface area contributed by atoms with E-state index in [9.17, 15) is 0 Å². The maximum absolute atomic E-state index is 5.76. The molecule has 20 heavy (non-hydrogen) atoms. The first-order chi connectivity index (χ1) is 9.60. The van der Waals surface area contributed by atoms with Gasteiger partial charge in [0.05, 0.1) is 5.60 Å². The van der Waals surface area contributed by atoms with Crippen molar-refractivity contribution in [2.24, 2.45) is 0 Å². The van der Waals surface area contributed by atoms with E-state index in [0.29, 0.717) is 12.1 Å². The number of nitrogens with zero attached hydrogens (tertiary/aromatic N) is 3. The van der Waals surface area contributed by atoms with Crippen molar-refractivity contribution in [2.45, 2.75) is 70.6 Å². The van der Waals surface area contributed by atoms with Crippen LogP contribution in [0.5, 0.6) is 0 Å². The second-order valence-electron chi connectivity index (χ2n) is 6.12. The number of hydrogen-bond donors (Lipinski definition) is 1. The topological polar surface area (TPSA) is 52.0 Å². The lowest BCUT2D eigenvalue weighted by Crippen LogP contribution is -2.46. The number of ether oxygens (including phenoxy) is 1. The molecule has 0 aromatic carbocycles. The molecule has 0 aliphatic heterocycles. The molecule has 1 unspecified atom stereocenters. The Kier molecular flexibility index (Phi) is 5.16. The summed E-state index contributed by atoms with van der Waals surface area (Å²) in [5.74, 6) is 1.07. The fourth-order valence-electron chi connectivity index (χ4n) is 3.09. The van der Waals surface area contributed by atoms with Gasteiger partial charge in [0.15, 0.2) is 0 Å². The first-order valence-corrected chi connectivity index (χ1v) is 7.77. The average Bonchev–Trinajstić information content (AvgIpc) is 2.82. The van der Waals surface area contributed by atoms with E-state index >= 15 is 0 Å². The fraction of sp³-hybridized carbons (Fsp3) is 0.867. The van der Waals surface area contributed by atoms with Crippen LogP contribution in [0.4, 0.5) is 0 Å². The van der Waals surface area contributed by atoms with E-state index in [0.717, 1.165) is 25.2 Å². The Hall–Kier alpha value is -0.940. The molecule has 1 N–H and O–H groups in total. The molecule has 5 nitrogen and oxygen atoms in total. The third-order valence-corrected chi connectivity index (χ3v) is 4.37. The van der Waals surface area contributed by atoms with Crippen molar-refractivity contribution >= 4 is 0 Å². The van der Waals surface area contributed by atoms with E-state index in [1.54, 1.807) is 6.33 Å². The van der Waals surface area contributed by atoms with E-state index in [2.05, 4.69) is 36.2 Å². The number of likely N-dealkylation sites (N-methyl/N-ethyl adjacent to an activating group) is 1. The van der Waals surface area contributed by atoms with Crippen molar-refractivity contribution in [3.8, 4) is 0 Å². The van der Waals surface area contributed by atoms with Gasteiger partial charge in [-0.25, -0.2) is 9.67 Å². The highest BCUT2D eigenvalue weighted by Gasteiger charge is 2.39. The number of nitrogens with one attached hydrogen (secondary N) is 1. The van der Waals surface area contributed by atoms with Crippen molar-refractivity contribution in [2.75, 3.05) is 13.7 Å². The van der Waals surface area contributed by atoms with Gasteiger partial charge in [-0.15, -0.1) is 0 Å². The summed E-state index contributed by atoms with van der Waals surface area (Å²) in [6, 6.07) is 0.761. The Morgan fingerprint density at radius 1 is 1.45 bits per heavy atom. The van der Waals surface area contributed by atoms with E-state index in [1.807, 2.05) is 11.8 Å². The van der Waals surface area contributed by atoms with Crippen molar-refractivity contribution in [3.05, 3.63) is 12.2 Å². The van der Waals surface area contributed by atoms with Gasteiger partial charge < -0.3 is 10.1 Å². The van der Waals surface area contributed by atoms with Crippen LogP contribution in [-0.2, 0) is 11.2 Å². The number of hydrogen-bond acceptors (Lipinski definition) is 4. The predicted molar refractivity (Wildman–Crippen MR) is 79.8 cm³/mol. The molecule has 2 rings (SSSR count). The molecule has 1 aliphatic rings. The summed E-state index contributed by atoms with van der Waals surface area (Å²) in [5, 5.41) is 7.91. The molecular formula is C15H28N4O. The minimum atomic E-state index is 0.0928. The molecule has 1 fully saturated rings. The monoisotopic (exact) mass is 280 g/mol. The van der Waals surface area contributed by atoms with Crippen LogP contribution in [0.1, 0.15) is 58.3 Å². The molecule has 0 amide bonds. The van der Waals surface area contributed by atoms with Crippen molar-refractivity contribution in [1.82, 2.24) is 20.1 Å². The van der Waals surface area contributed by atoms with Gasteiger partial charge in [-0.3, -0.25) is 0 Å². The van der Waals surface area contributed by atoms with Crippen molar-refractivity contribution in [3.63, 3.8) is 0 Å². The van der Waals surface area contributed by atoms with Gasteiger partial charge >= 0.3 is 0 Å². The zero-order valence-corrected chi connectivity index (χ0v) is 13.2. The van der Waals surface area contributed by atoms with Crippen LogP contribution in [0.3, 0.4) is 0 Å². The minimum Gasteiger partial charge on any atom is -0.378 e. The van der Waals surface area contributed by atoms with Crippen molar-refractivity contribution in [1.29, 1.82) is 0 Å². The summed E-state index contributed by atoms with van der Waals surface area (Å²) in [6.07, 6.45) is 7.28. The summed E-state index contributed by atoms with van der Waals surface area (Å²) < 4.78 is 7.78. The van der Waals surface area contributed by atoms with Crippen LogP contribution >= 0.6 is 0 Å². The predicted octanol–water partition coefficient (Wildman–Crippen LogP) is 2.34. The minimum absolute atomic E-state index is 0.0928. The molecule has 114 valence electrons. The molecule has 0 radical (unpaired) electrons. The number of methoxy groups -OCH3 is 1. The first-order valence-electron chi connectivity index (χ1n) is 7.77. The van der Waals surface area contributed by atoms with E-state index < -0.39 is 0 Å². The van der Waals surface area contributed by atoms with E-state index in [1.165, 1.54) is 19.3 Å². The largest absolute Gasteiger partial charge is 0.378 e. The molecule has 1 aliphatic carbocycles. The quantitative estimate of drug-likeness (QED) is 0.794. The smallest absolute Gasteiger partial charge is 0.138 e. The molecule has 5 heteroatoms. The van der Waals surface area contributed by atoms with Gasteiger partial charge in [-0.2, -0.15) is 5.10 Å². The average molecular weight is 280 g/mol. The lowest BCUT2D eigenvalue weighted by Gasteiger charge is -2.43. The Balaban J connectivity index is 2.03. The lowest BCUT2D eigenvalue weighted by atomic mass is 9.75. The zero-order chi connectivity index (χ0) is 14.6. The summed E-state index contributed by atoms with van der Waals surface area (Å²) in [7, 11) is 1.85. The molecule has 1 aromatic heterocycles. The highest BCUT2D eigenvalue weighted by Crippen LogP contribution is 2.39. The second kappa shape index (κ2) is 6.68.